The van der Waals surface area contributed by atoms with Crippen LogP contribution in [0.15, 0.2) is 0 Å². The van der Waals surface area contributed by atoms with Crippen LogP contribution in [0.25, 0.3) is 0 Å². The summed E-state index contributed by atoms with van der Waals surface area (Å²) in [5, 5.41) is 13.6. The molecule has 1 unspecified atom stereocenters. The smallest absolute Gasteiger partial charge is 0.165 e. The van der Waals surface area contributed by atoms with E-state index >= 15 is 0 Å². The average Bonchev–Trinajstić information content (AvgIpc) is 3.22. The molecule has 0 spiro atoms. The molecular formula is C18H30N6OS. The maximum atomic E-state index is 5.45. The minimum atomic E-state index is 0.285. The molecule has 1 atom stereocenters. The third-order valence-electron chi connectivity index (χ3n) is 5.15. The van der Waals surface area contributed by atoms with Crippen LogP contribution in [0.2, 0.25) is 0 Å². The van der Waals surface area contributed by atoms with Crippen LogP contribution in [0.4, 0.5) is 0 Å². The number of aromatic nitrogens is 5. The van der Waals surface area contributed by atoms with Crippen LogP contribution in [0, 0.1) is 12.8 Å². The summed E-state index contributed by atoms with van der Waals surface area (Å²) < 4.78 is 7.42. The highest BCUT2D eigenvalue weighted by atomic mass is 32.1. The summed E-state index contributed by atoms with van der Waals surface area (Å²) in [5.74, 6) is 2.00. The highest BCUT2D eigenvalue weighted by molar-refractivity contribution is 7.11. The van der Waals surface area contributed by atoms with Gasteiger partial charge in [-0.15, -0.1) is 16.4 Å². The van der Waals surface area contributed by atoms with Crippen molar-refractivity contribution in [2.45, 2.75) is 65.6 Å². The van der Waals surface area contributed by atoms with Crippen molar-refractivity contribution in [3.8, 4) is 0 Å². The van der Waals surface area contributed by atoms with E-state index < -0.39 is 0 Å². The second-order valence-corrected chi connectivity index (χ2v) is 8.64. The fourth-order valence-corrected chi connectivity index (χ4v) is 4.46. The Morgan fingerprint density at radius 1 is 1.27 bits per heavy atom. The molecule has 3 rings (SSSR count). The van der Waals surface area contributed by atoms with Crippen molar-refractivity contribution in [3.05, 3.63) is 21.4 Å². The second kappa shape index (κ2) is 8.54. The molecule has 1 saturated heterocycles. The first kappa shape index (κ1) is 19.4. The normalized spacial score (nSPS) is 17.3. The number of ether oxygens (including phenoxy) is 1. The molecule has 0 aliphatic carbocycles. The monoisotopic (exact) mass is 378 g/mol. The number of hydrogen-bond acceptors (Lipinski definition) is 7. The Hall–Kier alpha value is -1.38. The lowest BCUT2D eigenvalue weighted by Gasteiger charge is -2.25. The van der Waals surface area contributed by atoms with Gasteiger partial charge in [-0.2, -0.15) is 0 Å². The van der Waals surface area contributed by atoms with Gasteiger partial charge in [0, 0.05) is 36.6 Å². The van der Waals surface area contributed by atoms with Gasteiger partial charge in [-0.1, -0.05) is 13.8 Å². The molecular weight excluding hydrogens is 348 g/mol. The van der Waals surface area contributed by atoms with Crippen LogP contribution in [0.5, 0.6) is 0 Å². The lowest BCUT2D eigenvalue weighted by atomic mass is 10.0. The first-order chi connectivity index (χ1) is 12.5. The average molecular weight is 379 g/mol. The molecule has 2 aromatic heterocycles. The molecule has 8 heteroatoms. The van der Waals surface area contributed by atoms with Crippen LogP contribution in [-0.4, -0.2) is 50.4 Å². The number of rotatable bonds is 7. The maximum Gasteiger partial charge on any atom is 0.165 e. The molecule has 1 aliphatic rings. The quantitative estimate of drug-likeness (QED) is 0.737. The Balaban J connectivity index is 1.66. The molecule has 0 bridgehead atoms. The summed E-state index contributed by atoms with van der Waals surface area (Å²) in [7, 11) is 2.13. The predicted molar refractivity (Wildman–Crippen MR) is 102 cm³/mol. The summed E-state index contributed by atoms with van der Waals surface area (Å²) in [6.45, 7) is 12.0. The summed E-state index contributed by atoms with van der Waals surface area (Å²) in [6.07, 6.45) is 2.17. The SMILES string of the molecule is Cc1nc(C(C)C)sc1C(C)N(C)Cc1nnnn1CC1CCOCC1. The predicted octanol–water partition coefficient (Wildman–Crippen LogP) is 3.18. The van der Waals surface area contributed by atoms with Crippen molar-refractivity contribution in [2.24, 2.45) is 5.92 Å². The van der Waals surface area contributed by atoms with Gasteiger partial charge in [-0.05, 0) is 50.1 Å². The Labute approximate surface area is 159 Å². The van der Waals surface area contributed by atoms with Gasteiger partial charge in [0.05, 0.1) is 17.2 Å². The van der Waals surface area contributed by atoms with E-state index in [1.165, 1.54) is 9.88 Å². The van der Waals surface area contributed by atoms with Crippen molar-refractivity contribution in [1.82, 2.24) is 30.1 Å². The second-order valence-electron chi connectivity index (χ2n) is 7.58. The third-order valence-corrected chi connectivity index (χ3v) is 6.78. The summed E-state index contributed by atoms with van der Waals surface area (Å²) in [6, 6.07) is 0.285. The van der Waals surface area contributed by atoms with E-state index in [2.05, 4.69) is 55.2 Å². The van der Waals surface area contributed by atoms with Gasteiger partial charge in [-0.25, -0.2) is 9.67 Å². The third kappa shape index (κ3) is 4.47. The van der Waals surface area contributed by atoms with Crippen molar-refractivity contribution >= 4 is 11.3 Å². The number of nitrogens with zero attached hydrogens (tertiary/aromatic N) is 6. The molecule has 2 aromatic rings. The molecule has 0 amide bonds. The van der Waals surface area contributed by atoms with Crippen LogP contribution in [0.3, 0.4) is 0 Å². The topological polar surface area (TPSA) is 69.0 Å². The molecule has 1 aliphatic heterocycles. The van der Waals surface area contributed by atoms with Gasteiger partial charge in [0.1, 0.15) is 0 Å². The zero-order valence-electron chi connectivity index (χ0n) is 16.5. The van der Waals surface area contributed by atoms with Gasteiger partial charge in [0.15, 0.2) is 5.82 Å². The fraction of sp³-hybridized carbons (Fsp3) is 0.778. The molecule has 26 heavy (non-hydrogen) atoms. The zero-order chi connectivity index (χ0) is 18.7. The number of hydrogen-bond donors (Lipinski definition) is 0. The number of tetrazole rings is 1. The highest BCUT2D eigenvalue weighted by Crippen LogP contribution is 2.32. The van der Waals surface area contributed by atoms with E-state index in [0.29, 0.717) is 11.8 Å². The van der Waals surface area contributed by atoms with E-state index in [1.54, 1.807) is 0 Å². The molecule has 0 N–H and O–H groups in total. The fourth-order valence-electron chi connectivity index (χ4n) is 3.28. The molecule has 7 nitrogen and oxygen atoms in total. The first-order valence-electron chi connectivity index (χ1n) is 9.46. The van der Waals surface area contributed by atoms with E-state index in [1.807, 2.05) is 16.0 Å². The van der Waals surface area contributed by atoms with Crippen molar-refractivity contribution in [3.63, 3.8) is 0 Å². The molecule has 1 fully saturated rings. The van der Waals surface area contributed by atoms with E-state index in [4.69, 9.17) is 9.72 Å². The Bertz CT molecular complexity index is 706. The lowest BCUT2D eigenvalue weighted by Crippen LogP contribution is -2.26. The largest absolute Gasteiger partial charge is 0.381 e. The van der Waals surface area contributed by atoms with E-state index in [0.717, 1.165) is 50.7 Å². The molecule has 0 aromatic carbocycles. The molecule has 0 saturated carbocycles. The summed E-state index contributed by atoms with van der Waals surface area (Å²) in [4.78, 5) is 8.38. The Kier molecular flexibility index (Phi) is 6.37. The lowest BCUT2D eigenvalue weighted by molar-refractivity contribution is 0.0593. The van der Waals surface area contributed by atoms with E-state index in [-0.39, 0.29) is 6.04 Å². The Morgan fingerprint density at radius 3 is 2.65 bits per heavy atom. The zero-order valence-corrected chi connectivity index (χ0v) is 17.3. The number of thiazole rings is 1. The Morgan fingerprint density at radius 2 is 2.00 bits per heavy atom. The highest BCUT2D eigenvalue weighted by Gasteiger charge is 2.22. The van der Waals surface area contributed by atoms with Gasteiger partial charge in [-0.3, -0.25) is 4.90 Å². The van der Waals surface area contributed by atoms with E-state index in [9.17, 15) is 0 Å². The van der Waals surface area contributed by atoms with Crippen LogP contribution in [0.1, 0.15) is 67.0 Å². The van der Waals surface area contributed by atoms with Gasteiger partial charge >= 0.3 is 0 Å². The minimum absolute atomic E-state index is 0.285. The van der Waals surface area contributed by atoms with Crippen molar-refractivity contribution in [2.75, 3.05) is 20.3 Å². The van der Waals surface area contributed by atoms with Gasteiger partial charge in [0.25, 0.3) is 0 Å². The summed E-state index contributed by atoms with van der Waals surface area (Å²) in [5.41, 5.74) is 1.14. The summed E-state index contributed by atoms with van der Waals surface area (Å²) >= 11 is 1.82. The molecule has 0 radical (unpaired) electrons. The first-order valence-corrected chi connectivity index (χ1v) is 10.3. The van der Waals surface area contributed by atoms with Gasteiger partial charge < -0.3 is 4.74 Å². The van der Waals surface area contributed by atoms with Crippen molar-refractivity contribution < 1.29 is 4.74 Å². The molecule has 3 heterocycles. The van der Waals surface area contributed by atoms with Gasteiger partial charge in [0.2, 0.25) is 0 Å². The molecule has 144 valence electrons. The number of aryl methyl sites for hydroxylation is 1. The standard InChI is InChI=1S/C18H30N6OS/c1-12(2)18-19-13(3)17(26-18)14(4)23(5)11-16-20-21-22-24(16)10-15-6-8-25-9-7-15/h12,14-15H,6-11H2,1-5H3. The van der Waals surface area contributed by atoms with Crippen LogP contribution in [-0.2, 0) is 17.8 Å². The van der Waals surface area contributed by atoms with Crippen LogP contribution < -0.4 is 0 Å². The maximum absolute atomic E-state index is 5.45. The van der Waals surface area contributed by atoms with Crippen molar-refractivity contribution in [1.29, 1.82) is 0 Å². The minimum Gasteiger partial charge on any atom is -0.381 e. The van der Waals surface area contributed by atoms with Crippen LogP contribution >= 0.6 is 11.3 Å².